The topological polar surface area (TPSA) is 152 Å². The summed E-state index contributed by atoms with van der Waals surface area (Å²) < 4.78 is 22.1. The molecule has 1 heterocycles. The maximum absolute atomic E-state index is 12.7. The van der Waals surface area contributed by atoms with Crippen LogP contribution in [0.4, 0.5) is 0 Å². The van der Waals surface area contributed by atoms with Crippen molar-refractivity contribution in [2.75, 3.05) is 19.8 Å². The number of hydrogen-bond acceptors (Lipinski definition) is 10. The van der Waals surface area contributed by atoms with E-state index in [1.807, 2.05) is 0 Å². The molecule has 1 saturated heterocycles. The van der Waals surface area contributed by atoms with Gasteiger partial charge in [-0.25, -0.2) is 0 Å². The Labute approximate surface area is 327 Å². The molecule has 0 spiro atoms. The van der Waals surface area contributed by atoms with E-state index >= 15 is 0 Å². The van der Waals surface area contributed by atoms with Crippen molar-refractivity contribution in [2.45, 2.75) is 211 Å². The van der Waals surface area contributed by atoms with Gasteiger partial charge in [0.1, 0.15) is 31.0 Å². The zero-order chi connectivity index (χ0) is 39.5. The number of esters is 2. The molecule has 0 bridgehead atoms. The minimum atomic E-state index is -1.60. The molecule has 0 aromatic rings. The first kappa shape index (κ1) is 49.9. The lowest BCUT2D eigenvalue weighted by atomic mass is 9.99. The second-order valence-corrected chi connectivity index (χ2v) is 14.8. The summed E-state index contributed by atoms with van der Waals surface area (Å²) in [5.41, 5.74) is 0. The Morgan fingerprint density at radius 3 is 1.59 bits per heavy atom. The number of aliphatic hydroxyl groups excluding tert-OH is 4. The first-order valence-electron chi connectivity index (χ1n) is 21.6. The van der Waals surface area contributed by atoms with E-state index in [9.17, 15) is 30.0 Å². The Balaban J connectivity index is 2.38. The first-order valence-corrected chi connectivity index (χ1v) is 21.6. The highest BCUT2D eigenvalue weighted by Crippen LogP contribution is 2.22. The minimum absolute atomic E-state index is 0.224. The SMILES string of the molecule is CCCCC/C=C/C/C=C/C/C=C/CCCCC(=O)OC[C@@H](CO[C@H]1O[C@@H](CO)[C@@H](O)C(O)C1O)OC(=O)CCCCCCCCCCCCCCCC. The van der Waals surface area contributed by atoms with Gasteiger partial charge in [0.25, 0.3) is 0 Å². The molecular formula is C44H78O10. The van der Waals surface area contributed by atoms with Crippen molar-refractivity contribution in [1.82, 2.24) is 0 Å². The van der Waals surface area contributed by atoms with E-state index in [0.29, 0.717) is 12.8 Å². The number of allylic oxidation sites excluding steroid dienone is 6. The molecule has 54 heavy (non-hydrogen) atoms. The van der Waals surface area contributed by atoms with Gasteiger partial charge < -0.3 is 39.4 Å². The molecule has 1 aliphatic heterocycles. The number of unbranched alkanes of at least 4 members (excludes halogenated alkanes) is 18. The molecule has 0 aliphatic carbocycles. The largest absolute Gasteiger partial charge is 0.462 e. The Hall–Kier alpha value is -2.08. The van der Waals surface area contributed by atoms with Crippen molar-refractivity contribution in [3.63, 3.8) is 0 Å². The van der Waals surface area contributed by atoms with Gasteiger partial charge in [0.05, 0.1) is 13.2 Å². The van der Waals surface area contributed by atoms with Gasteiger partial charge in [-0.2, -0.15) is 0 Å². The zero-order valence-corrected chi connectivity index (χ0v) is 34.0. The Bertz CT molecular complexity index is 980. The quantitative estimate of drug-likeness (QED) is 0.0280. The number of carbonyl (C=O) groups is 2. The van der Waals surface area contributed by atoms with Crippen molar-refractivity contribution in [3.8, 4) is 0 Å². The van der Waals surface area contributed by atoms with E-state index in [4.69, 9.17) is 18.9 Å². The van der Waals surface area contributed by atoms with Gasteiger partial charge in [0.2, 0.25) is 0 Å². The van der Waals surface area contributed by atoms with Crippen LogP contribution in [0.2, 0.25) is 0 Å². The molecule has 6 atom stereocenters. The van der Waals surface area contributed by atoms with Crippen molar-refractivity contribution in [2.24, 2.45) is 0 Å². The van der Waals surface area contributed by atoms with E-state index in [2.05, 4.69) is 50.3 Å². The van der Waals surface area contributed by atoms with Crippen LogP contribution in [-0.4, -0.2) is 89.0 Å². The van der Waals surface area contributed by atoms with E-state index in [0.717, 1.165) is 51.4 Å². The average molecular weight is 767 g/mol. The van der Waals surface area contributed by atoms with Crippen LogP contribution in [0.3, 0.4) is 0 Å². The standard InChI is InChI=1S/C44H78O10/c1-3-5-7-9-11-13-15-17-19-21-22-24-26-28-30-32-39(46)51-35-37(36-52-44-43(50)42(49)41(48)38(34-45)54-44)53-40(47)33-31-29-27-25-23-20-18-16-14-12-10-8-6-4-2/h11,13,17,19,22,24,37-38,41-45,48-50H,3-10,12,14-16,18,20-21,23,25-36H2,1-2H3/b13-11+,19-17+,24-22+/t37-,38-,41+,42?,43?,44-/m0/s1. The molecule has 10 heteroatoms. The summed E-state index contributed by atoms with van der Waals surface area (Å²) in [4.78, 5) is 25.3. The molecule has 4 N–H and O–H groups in total. The van der Waals surface area contributed by atoms with E-state index in [1.165, 1.54) is 83.5 Å². The molecule has 0 aromatic heterocycles. The number of hydrogen-bond donors (Lipinski definition) is 4. The van der Waals surface area contributed by atoms with Gasteiger partial charge in [-0.15, -0.1) is 0 Å². The average Bonchev–Trinajstić information content (AvgIpc) is 3.17. The van der Waals surface area contributed by atoms with Crippen molar-refractivity contribution < 1.29 is 49.0 Å². The van der Waals surface area contributed by atoms with Crippen LogP contribution in [0.15, 0.2) is 36.5 Å². The minimum Gasteiger partial charge on any atom is -0.462 e. The van der Waals surface area contributed by atoms with Gasteiger partial charge in [-0.05, 0) is 51.4 Å². The van der Waals surface area contributed by atoms with Crippen LogP contribution >= 0.6 is 0 Å². The lowest BCUT2D eigenvalue weighted by Gasteiger charge is -2.39. The van der Waals surface area contributed by atoms with Crippen molar-refractivity contribution in [3.05, 3.63) is 36.5 Å². The van der Waals surface area contributed by atoms with Crippen molar-refractivity contribution in [1.29, 1.82) is 0 Å². The second kappa shape index (κ2) is 35.3. The molecule has 1 fully saturated rings. The molecule has 314 valence electrons. The Morgan fingerprint density at radius 1 is 0.574 bits per heavy atom. The molecule has 10 nitrogen and oxygen atoms in total. The van der Waals surface area contributed by atoms with Crippen LogP contribution in [0, 0.1) is 0 Å². The summed E-state index contributed by atoms with van der Waals surface area (Å²) in [5, 5.41) is 40.0. The van der Waals surface area contributed by atoms with Crippen LogP contribution in [-0.2, 0) is 28.5 Å². The van der Waals surface area contributed by atoms with E-state index in [1.54, 1.807) is 0 Å². The highest BCUT2D eigenvalue weighted by molar-refractivity contribution is 5.70. The highest BCUT2D eigenvalue weighted by Gasteiger charge is 2.44. The van der Waals surface area contributed by atoms with Crippen molar-refractivity contribution >= 4 is 11.9 Å². The summed E-state index contributed by atoms with van der Waals surface area (Å²) in [5.74, 6) is -0.849. The number of ether oxygens (including phenoxy) is 4. The molecule has 2 unspecified atom stereocenters. The van der Waals surface area contributed by atoms with Gasteiger partial charge in [-0.3, -0.25) is 9.59 Å². The maximum Gasteiger partial charge on any atom is 0.306 e. The summed E-state index contributed by atoms with van der Waals surface area (Å²) in [6.45, 7) is 3.35. The first-order chi connectivity index (χ1) is 26.3. The predicted octanol–water partition coefficient (Wildman–Crippen LogP) is 8.72. The van der Waals surface area contributed by atoms with Gasteiger partial charge in [0, 0.05) is 12.8 Å². The fourth-order valence-corrected chi connectivity index (χ4v) is 6.31. The Morgan fingerprint density at radius 2 is 1.04 bits per heavy atom. The third-order valence-corrected chi connectivity index (χ3v) is 9.78. The third-order valence-electron chi connectivity index (χ3n) is 9.78. The maximum atomic E-state index is 12.7. The normalized spacial score (nSPS) is 21.0. The fourth-order valence-electron chi connectivity index (χ4n) is 6.31. The number of rotatable bonds is 35. The molecule has 1 aliphatic rings. The van der Waals surface area contributed by atoms with Crippen LogP contribution in [0.1, 0.15) is 174 Å². The highest BCUT2D eigenvalue weighted by atomic mass is 16.7. The smallest absolute Gasteiger partial charge is 0.306 e. The van der Waals surface area contributed by atoms with Crippen LogP contribution in [0.5, 0.6) is 0 Å². The second-order valence-electron chi connectivity index (χ2n) is 14.8. The van der Waals surface area contributed by atoms with E-state index < -0.39 is 55.4 Å². The molecule has 0 aromatic carbocycles. The predicted molar refractivity (Wildman–Crippen MR) is 215 cm³/mol. The van der Waals surface area contributed by atoms with Crippen LogP contribution in [0.25, 0.3) is 0 Å². The molecule has 1 rings (SSSR count). The number of aliphatic hydroxyl groups is 4. The molecule has 0 radical (unpaired) electrons. The number of carbonyl (C=O) groups excluding carboxylic acids is 2. The summed E-state index contributed by atoms with van der Waals surface area (Å²) >= 11 is 0. The molecule has 0 saturated carbocycles. The summed E-state index contributed by atoms with van der Waals surface area (Å²) in [6, 6.07) is 0. The monoisotopic (exact) mass is 767 g/mol. The lowest BCUT2D eigenvalue weighted by Crippen LogP contribution is -2.59. The zero-order valence-electron chi connectivity index (χ0n) is 34.0. The van der Waals surface area contributed by atoms with E-state index in [-0.39, 0.29) is 26.1 Å². The molecule has 0 amide bonds. The fraction of sp³-hybridized carbons (Fsp3) is 0.818. The summed E-state index contributed by atoms with van der Waals surface area (Å²) in [6.07, 6.45) is 31.5. The Kier molecular flexibility index (Phi) is 32.7. The van der Waals surface area contributed by atoms with Gasteiger partial charge in [0.15, 0.2) is 12.4 Å². The van der Waals surface area contributed by atoms with Gasteiger partial charge >= 0.3 is 11.9 Å². The summed E-state index contributed by atoms with van der Waals surface area (Å²) in [7, 11) is 0. The molecular weight excluding hydrogens is 688 g/mol. The van der Waals surface area contributed by atoms with Gasteiger partial charge in [-0.1, -0.05) is 147 Å². The van der Waals surface area contributed by atoms with Crippen LogP contribution < -0.4 is 0 Å². The third kappa shape index (κ3) is 26.7. The lowest BCUT2D eigenvalue weighted by molar-refractivity contribution is -0.305.